The number of aliphatic hydroxyl groups is 2. The highest BCUT2D eigenvalue weighted by Crippen LogP contribution is 2.33. The Morgan fingerprint density at radius 2 is 1.57 bits per heavy atom. The molecule has 6 atom stereocenters. The fourth-order valence-electron chi connectivity index (χ4n) is 7.34. The zero-order chi connectivity index (χ0) is 32.8. The third-order valence-corrected chi connectivity index (χ3v) is 9.64. The fraction of sp³-hybridized carbons (Fsp3) is 0.325. The van der Waals surface area contributed by atoms with Crippen molar-refractivity contribution in [3.63, 3.8) is 0 Å². The van der Waals surface area contributed by atoms with Crippen molar-refractivity contribution in [1.29, 1.82) is 5.26 Å². The van der Waals surface area contributed by atoms with E-state index in [4.69, 9.17) is 0 Å². The van der Waals surface area contributed by atoms with Crippen LogP contribution < -0.4 is 5.32 Å². The van der Waals surface area contributed by atoms with E-state index in [0.29, 0.717) is 37.7 Å². The highest BCUT2D eigenvalue weighted by atomic mass is 16.3. The van der Waals surface area contributed by atoms with Crippen molar-refractivity contribution in [2.45, 2.75) is 62.8 Å². The first kappa shape index (κ1) is 32.2. The van der Waals surface area contributed by atoms with Gasteiger partial charge >= 0.3 is 0 Å². The zero-order valence-electron chi connectivity index (χ0n) is 26.4. The van der Waals surface area contributed by atoms with Crippen LogP contribution in [0.4, 0.5) is 0 Å². The van der Waals surface area contributed by atoms with E-state index in [1.54, 1.807) is 6.07 Å². The van der Waals surface area contributed by atoms with E-state index >= 15 is 0 Å². The lowest BCUT2D eigenvalue weighted by Crippen LogP contribution is -2.43. The quantitative estimate of drug-likeness (QED) is 0.206. The molecule has 1 saturated heterocycles. The molecule has 1 aliphatic heterocycles. The minimum absolute atomic E-state index is 0.0120. The monoisotopic (exact) mass is 627 g/mol. The molecule has 6 rings (SSSR count). The van der Waals surface area contributed by atoms with Crippen molar-refractivity contribution in [2.24, 2.45) is 11.8 Å². The van der Waals surface area contributed by atoms with Crippen LogP contribution in [0.15, 0.2) is 109 Å². The van der Waals surface area contributed by atoms with Gasteiger partial charge in [-0.25, -0.2) is 0 Å². The highest BCUT2D eigenvalue weighted by Gasteiger charge is 2.41. The lowest BCUT2D eigenvalue weighted by atomic mass is 9.91. The van der Waals surface area contributed by atoms with Crippen molar-refractivity contribution >= 4 is 11.8 Å². The third-order valence-electron chi connectivity index (χ3n) is 9.64. The van der Waals surface area contributed by atoms with Crippen LogP contribution in [0.25, 0.3) is 0 Å². The summed E-state index contributed by atoms with van der Waals surface area (Å²) in [6, 6.07) is 36.5. The lowest BCUT2D eigenvalue weighted by Gasteiger charge is -2.29. The van der Waals surface area contributed by atoms with Crippen molar-refractivity contribution < 1.29 is 19.8 Å². The summed E-state index contributed by atoms with van der Waals surface area (Å²) in [6.45, 7) is 0.124. The molecule has 7 nitrogen and oxygen atoms in total. The molecule has 7 heteroatoms. The summed E-state index contributed by atoms with van der Waals surface area (Å²) in [4.78, 5) is 29.6. The third kappa shape index (κ3) is 7.79. The van der Waals surface area contributed by atoms with E-state index in [9.17, 15) is 25.1 Å². The van der Waals surface area contributed by atoms with Gasteiger partial charge in [-0.3, -0.25) is 9.59 Å². The van der Waals surface area contributed by atoms with Crippen LogP contribution in [-0.4, -0.2) is 51.7 Å². The first-order valence-electron chi connectivity index (χ1n) is 16.5. The number of carbonyl (C=O) groups is 2. The molecule has 1 aliphatic carbocycles. The van der Waals surface area contributed by atoms with Crippen molar-refractivity contribution in [3.05, 3.63) is 143 Å². The number of β-amino-alcohol motifs (C(OH)–C–C–N with tert-alkyl or cyclic N) is 1. The molecule has 1 fully saturated rings. The van der Waals surface area contributed by atoms with Gasteiger partial charge in [0.15, 0.2) is 0 Å². The number of fused-ring (bicyclic) bond motifs is 1. The zero-order valence-corrected chi connectivity index (χ0v) is 26.4. The number of carbonyl (C=O) groups excluding carboxylic acids is 2. The predicted octanol–water partition coefficient (Wildman–Crippen LogP) is 4.94. The number of nitrogens with one attached hydrogen (secondary N) is 1. The Morgan fingerprint density at radius 1 is 0.894 bits per heavy atom. The Morgan fingerprint density at radius 3 is 2.32 bits per heavy atom. The van der Waals surface area contributed by atoms with Crippen molar-refractivity contribution in [3.8, 4) is 6.07 Å². The van der Waals surface area contributed by atoms with E-state index < -0.39 is 24.2 Å². The van der Waals surface area contributed by atoms with Crippen LogP contribution in [0.1, 0.15) is 52.3 Å². The first-order chi connectivity index (χ1) is 22.9. The lowest BCUT2D eigenvalue weighted by molar-refractivity contribution is -0.133. The maximum absolute atomic E-state index is 13.9. The second kappa shape index (κ2) is 14.8. The van der Waals surface area contributed by atoms with Crippen LogP contribution >= 0.6 is 0 Å². The Kier molecular flexibility index (Phi) is 10.1. The molecule has 0 spiro atoms. The standard InChI is InChI=1S/C40H41N3O4/c41-25-30-15-9-14-29(18-30)20-33-22-34(21-28-12-5-2-6-13-28)43(40(33)47)26-35(44)23-32(19-27-10-3-1-4-11-27)39(46)42-38-36-17-8-7-16-31(36)24-37(38)45/h1-18,32-35,37-38,44-45H,19-24,26H2,(H,42,46)/t32-,33-,34-,35-,37+,38-/m0/s1. The van der Waals surface area contributed by atoms with E-state index in [2.05, 4.69) is 23.5 Å². The maximum atomic E-state index is 13.9. The Labute approximate surface area is 276 Å². The molecule has 2 amide bonds. The maximum Gasteiger partial charge on any atom is 0.226 e. The average molecular weight is 628 g/mol. The summed E-state index contributed by atoms with van der Waals surface area (Å²) in [5, 5.41) is 34.8. The molecule has 4 aromatic rings. The van der Waals surface area contributed by atoms with E-state index in [0.717, 1.165) is 27.8 Å². The number of benzene rings is 4. The fourth-order valence-corrected chi connectivity index (χ4v) is 7.34. The summed E-state index contributed by atoms with van der Waals surface area (Å²) in [7, 11) is 0. The molecule has 2 aliphatic rings. The van der Waals surface area contributed by atoms with Gasteiger partial charge in [-0.05, 0) is 72.1 Å². The van der Waals surface area contributed by atoms with Gasteiger partial charge < -0.3 is 20.4 Å². The highest BCUT2D eigenvalue weighted by molar-refractivity contribution is 5.82. The summed E-state index contributed by atoms with van der Waals surface area (Å²) >= 11 is 0. The van der Waals surface area contributed by atoms with E-state index in [-0.39, 0.29) is 36.7 Å². The number of aliphatic hydroxyl groups excluding tert-OH is 2. The Hall–Kier alpha value is -4.77. The molecule has 0 aromatic heterocycles. The number of amides is 2. The number of nitriles is 1. The molecule has 240 valence electrons. The van der Waals surface area contributed by atoms with Crippen LogP contribution in [0, 0.1) is 23.2 Å². The van der Waals surface area contributed by atoms with Gasteiger partial charge in [0.2, 0.25) is 11.8 Å². The molecule has 1 heterocycles. The second-order valence-electron chi connectivity index (χ2n) is 13.0. The molecule has 47 heavy (non-hydrogen) atoms. The molecular formula is C40H41N3O4. The summed E-state index contributed by atoms with van der Waals surface area (Å²) in [6.07, 6.45) is 1.26. The largest absolute Gasteiger partial charge is 0.391 e. The van der Waals surface area contributed by atoms with Crippen molar-refractivity contribution in [1.82, 2.24) is 10.2 Å². The number of hydrogen-bond donors (Lipinski definition) is 3. The van der Waals surface area contributed by atoms with Crippen LogP contribution in [0.5, 0.6) is 0 Å². The summed E-state index contributed by atoms with van der Waals surface area (Å²) in [5.74, 6) is -1.07. The number of rotatable bonds is 12. The minimum Gasteiger partial charge on any atom is -0.391 e. The molecule has 3 N–H and O–H groups in total. The van der Waals surface area contributed by atoms with Gasteiger partial charge in [0.05, 0.1) is 29.9 Å². The number of hydrogen-bond acceptors (Lipinski definition) is 5. The number of nitrogens with zero attached hydrogens (tertiary/aromatic N) is 2. The van der Waals surface area contributed by atoms with E-state index in [1.165, 1.54) is 0 Å². The smallest absolute Gasteiger partial charge is 0.226 e. The Bertz CT molecular complexity index is 1720. The topological polar surface area (TPSA) is 114 Å². The average Bonchev–Trinajstić information content (AvgIpc) is 3.55. The summed E-state index contributed by atoms with van der Waals surface area (Å²) < 4.78 is 0. The first-order valence-corrected chi connectivity index (χ1v) is 16.5. The predicted molar refractivity (Wildman–Crippen MR) is 180 cm³/mol. The summed E-state index contributed by atoms with van der Waals surface area (Å²) in [5.41, 5.74) is 5.55. The normalized spacial score (nSPS) is 21.6. The second-order valence-corrected chi connectivity index (χ2v) is 13.0. The molecule has 0 saturated carbocycles. The van der Waals surface area contributed by atoms with Crippen LogP contribution in [-0.2, 0) is 35.3 Å². The van der Waals surface area contributed by atoms with Gasteiger partial charge in [-0.15, -0.1) is 0 Å². The van der Waals surface area contributed by atoms with Crippen LogP contribution in [0.3, 0.4) is 0 Å². The molecule has 4 aromatic carbocycles. The van der Waals surface area contributed by atoms with Gasteiger partial charge in [0, 0.05) is 30.8 Å². The molecular weight excluding hydrogens is 586 g/mol. The van der Waals surface area contributed by atoms with Gasteiger partial charge in [0.25, 0.3) is 0 Å². The van der Waals surface area contributed by atoms with Gasteiger partial charge in [-0.2, -0.15) is 5.26 Å². The Balaban J connectivity index is 1.19. The molecule has 0 radical (unpaired) electrons. The van der Waals surface area contributed by atoms with Gasteiger partial charge in [-0.1, -0.05) is 97.1 Å². The molecule has 0 unspecified atom stereocenters. The van der Waals surface area contributed by atoms with Gasteiger partial charge in [0.1, 0.15) is 0 Å². The van der Waals surface area contributed by atoms with Crippen molar-refractivity contribution in [2.75, 3.05) is 6.54 Å². The minimum atomic E-state index is -0.932. The molecule has 0 bridgehead atoms. The van der Waals surface area contributed by atoms with E-state index in [1.807, 2.05) is 95.9 Å². The van der Waals surface area contributed by atoms with Crippen LogP contribution in [0.2, 0.25) is 0 Å². The SMILES string of the molecule is N#Cc1cccc(C[C@H]2C[C@H](Cc3ccccc3)N(C[C@@H](O)C[C@H](Cc3ccccc3)C(=O)N[C@H]3c4ccccc4C[C@H]3O)C2=O)c1. The number of likely N-dealkylation sites (tertiary alicyclic amines) is 1.